The number of ether oxygens (including phenoxy) is 1. The maximum absolute atomic E-state index is 14.1. The summed E-state index contributed by atoms with van der Waals surface area (Å²) in [5, 5.41) is 14.0. The van der Waals surface area contributed by atoms with Crippen molar-refractivity contribution in [2.75, 3.05) is 20.3 Å². The summed E-state index contributed by atoms with van der Waals surface area (Å²) in [5.41, 5.74) is 9.63. The zero-order chi connectivity index (χ0) is 24.1. The van der Waals surface area contributed by atoms with Gasteiger partial charge in [0, 0.05) is 35.8 Å². The van der Waals surface area contributed by atoms with Crippen LogP contribution in [0.1, 0.15) is 15.9 Å². The van der Waals surface area contributed by atoms with E-state index in [1.807, 2.05) is 36.5 Å². The fraction of sp³-hybridized carbons (Fsp3) is 0.222. The van der Waals surface area contributed by atoms with Crippen molar-refractivity contribution in [1.82, 2.24) is 9.88 Å². The summed E-state index contributed by atoms with van der Waals surface area (Å²) in [6, 6.07) is 19.2. The van der Waals surface area contributed by atoms with Gasteiger partial charge in [0.1, 0.15) is 0 Å². The Labute approximate surface area is 197 Å². The predicted molar refractivity (Wildman–Crippen MR) is 131 cm³/mol. The van der Waals surface area contributed by atoms with E-state index in [1.165, 1.54) is 13.2 Å². The predicted octanol–water partition coefficient (Wildman–Crippen LogP) is 3.75. The summed E-state index contributed by atoms with van der Waals surface area (Å²) < 4.78 is 21.2. The highest BCUT2D eigenvalue weighted by molar-refractivity contribution is 5.95. The maximum Gasteiger partial charge on any atom is 0.251 e. The van der Waals surface area contributed by atoms with Crippen LogP contribution in [-0.4, -0.2) is 41.9 Å². The molecule has 1 amide bonds. The number of rotatable bonds is 9. The molecule has 7 heteroatoms. The number of hydrogen-bond acceptors (Lipinski definition) is 4. The van der Waals surface area contributed by atoms with Crippen molar-refractivity contribution in [2.24, 2.45) is 5.73 Å². The van der Waals surface area contributed by atoms with Crippen LogP contribution in [0.15, 0.2) is 72.9 Å². The monoisotopic (exact) mass is 461 g/mol. The van der Waals surface area contributed by atoms with Crippen molar-refractivity contribution in [3.05, 3.63) is 89.9 Å². The second-order valence-electron chi connectivity index (χ2n) is 8.14. The number of amides is 1. The molecule has 0 unspecified atom stereocenters. The smallest absolute Gasteiger partial charge is 0.251 e. The molecule has 4 aromatic rings. The van der Waals surface area contributed by atoms with Gasteiger partial charge in [-0.05, 0) is 53.4 Å². The fourth-order valence-electron chi connectivity index (χ4n) is 4.19. The van der Waals surface area contributed by atoms with Crippen molar-refractivity contribution in [3.8, 4) is 16.9 Å². The van der Waals surface area contributed by atoms with Crippen LogP contribution in [0, 0.1) is 5.82 Å². The summed E-state index contributed by atoms with van der Waals surface area (Å²) in [6.07, 6.45) is 2.51. The van der Waals surface area contributed by atoms with Gasteiger partial charge in [-0.3, -0.25) is 4.79 Å². The van der Waals surface area contributed by atoms with Gasteiger partial charge < -0.3 is 25.5 Å². The number of benzene rings is 3. The Balaban J connectivity index is 1.53. The molecule has 0 saturated heterocycles. The number of nitrogens with zero attached hydrogens (tertiary/aromatic N) is 1. The van der Waals surface area contributed by atoms with Gasteiger partial charge in [-0.15, -0.1) is 0 Å². The summed E-state index contributed by atoms with van der Waals surface area (Å²) in [7, 11) is 1.41. The second kappa shape index (κ2) is 10.5. The van der Waals surface area contributed by atoms with Crippen LogP contribution in [0.5, 0.6) is 5.75 Å². The molecule has 3 aromatic carbocycles. The minimum absolute atomic E-state index is 0.163. The average molecular weight is 462 g/mol. The lowest BCUT2D eigenvalue weighted by molar-refractivity contribution is 0.0916. The molecular weight excluding hydrogens is 433 g/mol. The van der Waals surface area contributed by atoms with Crippen LogP contribution < -0.4 is 15.8 Å². The van der Waals surface area contributed by atoms with E-state index in [-0.39, 0.29) is 18.3 Å². The maximum atomic E-state index is 14.1. The van der Waals surface area contributed by atoms with Gasteiger partial charge in [0.05, 0.1) is 19.8 Å². The van der Waals surface area contributed by atoms with Gasteiger partial charge in [-0.2, -0.15) is 0 Å². The standard InChI is InChI=1S/C27H28FN3O3/c1-34-26-10-9-19(15-24(26)28)18-5-4-6-20(13-18)27(33)30-22(17-32)14-21-16-31(12-11-29)25-8-3-2-7-23(21)25/h2-10,13,15-16,22,32H,11-12,14,17,29H2,1H3,(H,30,33)/t22-/m1/s1. The molecule has 6 nitrogen and oxygen atoms in total. The van der Waals surface area contributed by atoms with Gasteiger partial charge in [0.25, 0.3) is 5.91 Å². The molecule has 0 spiro atoms. The molecule has 0 radical (unpaired) electrons. The molecule has 0 saturated carbocycles. The van der Waals surface area contributed by atoms with Crippen molar-refractivity contribution in [2.45, 2.75) is 19.0 Å². The minimum Gasteiger partial charge on any atom is -0.494 e. The normalized spacial score (nSPS) is 12.0. The number of nitrogens with one attached hydrogen (secondary N) is 1. The van der Waals surface area contributed by atoms with Gasteiger partial charge in [0.15, 0.2) is 11.6 Å². The molecule has 0 aliphatic rings. The van der Waals surface area contributed by atoms with E-state index < -0.39 is 11.9 Å². The molecule has 1 heterocycles. The minimum atomic E-state index is -0.469. The summed E-state index contributed by atoms with van der Waals surface area (Å²) in [6.45, 7) is 1.01. The van der Waals surface area contributed by atoms with E-state index in [9.17, 15) is 14.3 Å². The summed E-state index contributed by atoms with van der Waals surface area (Å²) in [5.74, 6) is -0.610. The first kappa shape index (κ1) is 23.5. The number of nitrogens with two attached hydrogens (primary N) is 1. The number of fused-ring (bicyclic) bond motifs is 1. The first-order valence-corrected chi connectivity index (χ1v) is 11.2. The van der Waals surface area contributed by atoms with E-state index >= 15 is 0 Å². The number of aromatic nitrogens is 1. The zero-order valence-electron chi connectivity index (χ0n) is 19.0. The van der Waals surface area contributed by atoms with E-state index in [0.717, 1.165) is 16.5 Å². The third-order valence-electron chi connectivity index (χ3n) is 5.87. The zero-order valence-corrected chi connectivity index (χ0v) is 19.0. The largest absolute Gasteiger partial charge is 0.494 e. The molecule has 0 aliphatic carbocycles. The lowest BCUT2D eigenvalue weighted by Gasteiger charge is -2.16. The molecule has 0 fully saturated rings. The lowest BCUT2D eigenvalue weighted by atomic mass is 10.0. The van der Waals surface area contributed by atoms with E-state index in [1.54, 1.807) is 30.3 Å². The first-order valence-electron chi connectivity index (χ1n) is 11.2. The van der Waals surface area contributed by atoms with Gasteiger partial charge in [-0.1, -0.05) is 36.4 Å². The van der Waals surface area contributed by atoms with E-state index in [0.29, 0.717) is 36.2 Å². The third kappa shape index (κ3) is 4.95. The highest BCUT2D eigenvalue weighted by Crippen LogP contribution is 2.26. The molecule has 4 N–H and O–H groups in total. The van der Waals surface area contributed by atoms with Crippen LogP contribution in [0.3, 0.4) is 0 Å². The lowest BCUT2D eigenvalue weighted by Crippen LogP contribution is -2.39. The van der Waals surface area contributed by atoms with Gasteiger partial charge in [-0.25, -0.2) is 4.39 Å². The quantitative estimate of drug-likeness (QED) is 0.354. The molecular formula is C27H28FN3O3. The molecule has 1 atom stereocenters. The highest BCUT2D eigenvalue weighted by Gasteiger charge is 2.17. The Morgan fingerprint density at radius 2 is 1.91 bits per heavy atom. The Hall–Kier alpha value is -3.68. The van der Waals surface area contributed by atoms with Crippen LogP contribution in [-0.2, 0) is 13.0 Å². The number of hydrogen-bond donors (Lipinski definition) is 3. The topological polar surface area (TPSA) is 89.5 Å². The van der Waals surface area contributed by atoms with Crippen molar-refractivity contribution in [3.63, 3.8) is 0 Å². The number of halogens is 1. The number of aliphatic hydroxyl groups excluding tert-OH is 1. The number of methoxy groups -OCH3 is 1. The van der Waals surface area contributed by atoms with Crippen LogP contribution in [0.4, 0.5) is 4.39 Å². The average Bonchev–Trinajstić information content (AvgIpc) is 3.21. The van der Waals surface area contributed by atoms with Crippen molar-refractivity contribution < 1.29 is 19.0 Å². The number of para-hydroxylation sites is 1. The van der Waals surface area contributed by atoms with Gasteiger partial charge >= 0.3 is 0 Å². The summed E-state index contributed by atoms with van der Waals surface area (Å²) >= 11 is 0. The van der Waals surface area contributed by atoms with E-state index in [2.05, 4.69) is 9.88 Å². The summed E-state index contributed by atoms with van der Waals surface area (Å²) in [4.78, 5) is 13.0. The van der Waals surface area contributed by atoms with Crippen molar-refractivity contribution in [1.29, 1.82) is 0 Å². The Morgan fingerprint density at radius 3 is 2.65 bits per heavy atom. The Bertz CT molecular complexity index is 1300. The third-order valence-corrected chi connectivity index (χ3v) is 5.87. The first-order chi connectivity index (χ1) is 16.5. The second-order valence-corrected chi connectivity index (χ2v) is 8.14. The van der Waals surface area contributed by atoms with Crippen LogP contribution in [0.2, 0.25) is 0 Å². The fourth-order valence-corrected chi connectivity index (χ4v) is 4.19. The Morgan fingerprint density at radius 1 is 1.12 bits per heavy atom. The number of carbonyl (C=O) groups excluding carboxylic acids is 1. The molecule has 0 aliphatic heterocycles. The van der Waals surface area contributed by atoms with Crippen LogP contribution >= 0.6 is 0 Å². The molecule has 34 heavy (non-hydrogen) atoms. The number of aliphatic hydroxyl groups is 1. The van der Waals surface area contributed by atoms with Gasteiger partial charge in [0.2, 0.25) is 0 Å². The molecule has 1 aromatic heterocycles. The number of carbonyl (C=O) groups is 1. The van der Waals surface area contributed by atoms with Crippen LogP contribution in [0.25, 0.3) is 22.0 Å². The SMILES string of the molecule is COc1ccc(-c2cccc(C(=O)N[C@@H](CO)Cc3cn(CCN)c4ccccc34)c2)cc1F. The highest BCUT2D eigenvalue weighted by atomic mass is 19.1. The van der Waals surface area contributed by atoms with E-state index in [4.69, 9.17) is 10.5 Å². The molecule has 4 rings (SSSR count). The van der Waals surface area contributed by atoms with Crippen molar-refractivity contribution >= 4 is 16.8 Å². The molecule has 0 bridgehead atoms. The Kier molecular flexibility index (Phi) is 7.25. The molecule has 176 valence electrons.